The zero-order valence-electron chi connectivity index (χ0n) is 4.80. The van der Waals surface area contributed by atoms with Crippen LogP contribution in [0.5, 0.6) is 0 Å². The van der Waals surface area contributed by atoms with Gasteiger partial charge in [0.2, 0.25) is 0 Å². The van der Waals surface area contributed by atoms with E-state index in [0.717, 1.165) is 0 Å². The van der Waals surface area contributed by atoms with E-state index in [2.05, 4.69) is 20.9 Å². The Morgan fingerprint density at radius 1 is 1.89 bits per heavy atom. The molecule has 1 aromatic rings. The van der Waals surface area contributed by atoms with Gasteiger partial charge >= 0.3 is 0 Å². The van der Waals surface area contributed by atoms with Crippen molar-refractivity contribution < 1.29 is 0 Å². The van der Waals surface area contributed by atoms with Crippen molar-refractivity contribution in [3.8, 4) is 6.07 Å². The van der Waals surface area contributed by atoms with Crippen molar-refractivity contribution in [1.82, 2.24) is 9.55 Å². The van der Waals surface area contributed by atoms with Gasteiger partial charge in [-0.05, 0) is 15.9 Å². The van der Waals surface area contributed by atoms with Gasteiger partial charge in [0, 0.05) is 13.2 Å². The summed E-state index contributed by atoms with van der Waals surface area (Å²) in [6, 6.07) is 1.93. The van der Waals surface area contributed by atoms with Crippen LogP contribution in [0.2, 0.25) is 0 Å². The van der Waals surface area contributed by atoms with Gasteiger partial charge in [-0.2, -0.15) is 5.26 Å². The van der Waals surface area contributed by atoms with Crippen molar-refractivity contribution in [1.29, 1.82) is 5.26 Å². The molecule has 0 saturated heterocycles. The number of hydrogen-bond donors (Lipinski definition) is 0. The van der Waals surface area contributed by atoms with Crippen LogP contribution < -0.4 is 0 Å². The number of rotatable bonds is 0. The van der Waals surface area contributed by atoms with Gasteiger partial charge in [0.25, 0.3) is 0 Å². The molecule has 0 amide bonds. The van der Waals surface area contributed by atoms with Gasteiger partial charge in [-0.15, -0.1) is 0 Å². The average Bonchev–Trinajstić information content (AvgIpc) is 2.13. The molecule has 0 atom stereocenters. The summed E-state index contributed by atoms with van der Waals surface area (Å²) in [5.74, 6) is 0. The highest BCUT2D eigenvalue weighted by Crippen LogP contribution is 2.06. The van der Waals surface area contributed by atoms with Crippen molar-refractivity contribution in [2.45, 2.75) is 0 Å². The summed E-state index contributed by atoms with van der Waals surface area (Å²) in [6.45, 7) is 0. The molecule has 0 radical (unpaired) electrons. The molecular formula is C5H4BrN3. The fraction of sp³-hybridized carbons (Fsp3) is 0.200. The van der Waals surface area contributed by atoms with Gasteiger partial charge in [0.05, 0.1) is 0 Å². The third-order valence-electron chi connectivity index (χ3n) is 0.934. The molecule has 0 aliphatic carbocycles. The summed E-state index contributed by atoms with van der Waals surface area (Å²) in [5.41, 5.74) is 0.435. The topological polar surface area (TPSA) is 41.6 Å². The van der Waals surface area contributed by atoms with E-state index in [1.165, 1.54) is 0 Å². The minimum absolute atomic E-state index is 0.435. The Labute approximate surface area is 61.1 Å². The van der Waals surface area contributed by atoms with Crippen molar-refractivity contribution in [2.24, 2.45) is 7.05 Å². The van der Waals surface area contributed by atoms with Crippen LogP contribution in [0.3, 0.4) is 0 Å². The molecule has 4 heteroatoms. The van der Waals surface area contributed by atoms with E-state index in [-0.39, 0.29) is 0 Å². The summed E-state index contributed by atoms with van der Waals surface area (Å²) < 4.78 is 2.41. The lowest BCUT2D eigenvalue weighted by molar-refractivity contribution is 0.881. The molecule has 1 rings (SSSR count). The first-order chi connectivity index (χ1) is 4.24. The molecule has 46 valence electrons. The maximum atomic E-state index is 8.33. The largest absolute Gasteiger partial charge is 0.327 e. The molecule has 1 aromatic heterocycles. The second kappa shape index (κ2) is 2.19. The number of aryl methyl sites for hydroxylation is 1. The van der Waals surface area contributed by atoms with Crippen LogP contribution in [-0.4, -0.2) is 9.55 Å². The van der Waals surface area contributed by atoms with Crippen LogP contribution in [-0.2, 0) is 7.05 Å². The van der Waals surface area contributed by atoms with E-state index < -0.39 is 0 Å². The smallest absolute Gasteiger partial charge is 0.178 e. The van der Waals surface area contributed by atoms with E-state index in [9.17, 15) is 0 Å². The molecule has 0 unspecified atom stereocenters. The van der Waals surface area contributed by atoms with E-state index in [0.29, 0.717) is 10.4 Å². The number of halogens is 1. The Hall–Kier alpha value is -0.820. The summed E-state index contributed by atoms with van der Waals surface area (Å²) in [5, 5.41) is 8.33. The fourth-order valence-electron chi connectivity index (χ4n) is 0.498. The highest BCUT2D eigenvalue weighted by Gasteiger charge is 1.97. The molecule has 0 N–H and O–H groups in total. The van der Waals surface area contributed by atoms with Crippen LogP contribution in [0.25, 0.3) is 0 Å². The van der Waals surface area contributed by atoms with Gasteiger partial charge in [0.1, 0.15) is 6.07 Å². The second-order valence-electron chi connectivity index (χ2n) is 1.62. The van der Waals surface area contributed by atoms with Crippen LogP contribution >= 0.6 is 15.9 Å². The zero-order chi connectivity index (χ0) is 6.85. The Morgan fingerprint density at radius 2 is 2.56 bits per heavy atom. The maximum absolute atomic E-state index is 8.33. The Morgan fingerprint density at radius 3 is 2.78 bits per heavy atom. The number of nitrogens with zero attached hydrogens (tertiary/aromatic N) is 3. The van der Waals surface area contributed by atoms with E-state index in [1.807, 2.05) is 13.1 Å². The summed E-state index contributed by atoms with van der Waals surface area (Å²) in [7, 11) is 1.82. The third-order valence-corrected chi connectivity index (χ3v) is 1.67. The standard InChI is InChI=1S/C5H4BrN3/c1-9-3-4(2-7)8-5(9)6/h3H,1H3. The van der Waals surface area contributed by atoms with Gasteiger partial charge in [-0.1, -0.05) is 0 Å². The molecule has 0 fully saturated rings. The molecule has 0 aliphatic rings. The number of aromatic nitrogens is 2. The van der Waals surface area contributed by atoms with Crippen molar-refractivity contribution >= 4 is 15.9 Å². The van der Waals surface area contributed by atoms with Crippen molar-refractivity contribution in [3.63, 3.8) is 0 Å². The number of imidazole rings is 1. The molecule has 0 spiro atoms. The quantitative estimate of drug-likeness (QED) is 0.607. The maximum Gasteiger partial charge on any atom is 0.178 e. The van der Waals surface area contributed by atoms with Gasteiger partial charge in [-0.25, -0.2) is 4.98 Å². The molecular weight excluding hydrogens is 182 g/mol. The summed E-state index contributed by atoms with van der Waals surface area (Å²) in [6.07, 6.45) is 1.66. The lowest BCUT2D eigenvalue weighted by Crippen LogP contribution is -1.82. The SMILES string of the molecule is Cn1cc(C#N)nc1Br. The first-order valence-corrected chi connectivity index (χ1v) is 3.12. The lowest BCUT2D eigenvalue weighted by atomic mass is 10.5. The first kappa shape index (κ1) is 6.30. The molecule has 9 heavy (non-hydrogen) atoms. The molecule has 1 heterocycles. The second-order valence-corrected chi connectivity index (χ2v) is 2.33. The minimum Gasteiger partial charge on any atom is -0.327 e. The minimum atomic E-state index is 0.435. The Bertz CT molecular complexity index is 238. The first-order valence-electron chi connectivity index (χ1n) is 2.33. The monoisotopic (exact) mass is 185 g/mol. The van der Waals surface area contributed by atoms with Crippen LogP contribution in [0, 0.1) is 11.3 Å². The molecule has 3 nitrogen and oxygen atoms in total. The van der Waals surface area contributed by atoms with Crippen LogP contribution in [0.1, 0.15) is 5.69 Å². The van der Waals surface area contributed by atoms with Gasteiger partial charge in [0.15, 0.2) is 10.4 Å². The summed E-state index contributed by atoms with van der Waals surface area (Å²) in [4.78, 5) is 3.85. The van der Waals surface area contributed by atoms with E-state index in [4.69, 9.17) is 5.26 Å². The average molecular weight is 186 g/mol. The summed E-state index contributed by atoms with van der Waals surface area (Å²) >= 11 is 3.16. The highest BCUT2D eigenvalue weighted by atomic mass is 79.9. The Balaban J connectivity index is 3.16. The van der Waals surface area contributed by atoms with E-state index >= 15 is 0 Å². The zero-order valence-corrected chi connectivity index (χ0v) is 6.38. The van der Waals surface area contributed by atoms with Gasteiger partial charge < -0.3 is 4.57 Å². The molecule has 0 bridgehead atoms. The van der Waals surface area contributed by atoms with Crippen LogP contribution in [0.15, 0.2) is 10.9 Å². The van der Waals surface area contributed by atoms with Crippen molar-refractivity contribution in [3.05, 3.63) is 16.6 Å². The van der Waals surface area contributed by atoms with Gasteiger partial charge in [-0.3, -0.25) is 0 Å². The predicted octanol–water partition coefficient (Wildman–Crippen LogP) is 1.05. The lowest BCUT2D eigenvalue weighted by Gasteiger charge is -1.84. The fourth-order valence-corrected chi connectivity index (χ4v) is 0.791. The van der Waals surface area contributed by atoms with Crippen LogP contribution in [0.4, 0.5) is 0 Å². The molecule has 0 aromatic carbocycles. The Kier molecular flexibility index (Phi) is 1.54. The number of hydrogen-bond acceptors (Lipinski definition) is 2. The third kappa shape index (κ3) is 1.11. The normalized spacial score (nSPS) is 9.00. The van der Waals surface area contributed by atoms with Crippen molar-refractivity contribution in [2.75, 3.05) is 0 Å². The molecule has 0 aliphatic heterocycles. The molecule has 0 saturated carbocycles. The predicted molar refractivity (Wildman–Crippen MR) is 35.6 cm³/mol. The van der Waals surface area contributed by atoms with E-state index in [1.54, 1.807) is 10.8 Å². The highest BCUT2D eigenvalue weighted by molar-refractivity contribution is 9.10. The number of nitriles is 1.